The Labute approximate surface area is 129 Å². The first-order valence-corrected chi connectivity index (χ1v) is 6.98. The Morgan fingerprint density at radius 3 is 2.76 bits per heavy atom. The zero-order chi connectivity index (χ0) is 15.2. The highest BCUT2D eigenvalue weighted by Gasteiger charge is 2.24. The predicted molar refractivity (Wildman–Crippen MR) is 82.9 cm³/mol. The lowest BCUT2D eigenvalue weighted by Crippen LogP contribution is -2.39. The van der Waals surface area contributed by atoms with Crippen LogP contribution in [0, 0.1) is 11.8 Å². The van der Waals surface area contributed by atoms with Crippen LogP contribution >= 0.6 is 11.6 Å². The minimum atomic E-state index is -0.311. The SMILES string of the molecule is CC#CC(=O)NC(C)C(c1ccccc1Cl)n1cccn1. The molecule has 0 aliphatic rings. The van der Waals surface area contributed by atoms with E-state index in [1.54, 1.807) is 17.8 Å². The zero-order valence-corrected chi connectivity index (χ0v) is 12.6. The monoisotopic (exact) mass is 301 g/mol. The fourth-order valence-electron chi connectivity index (χ4n) is 2.24. The average molecular weight is 302 g/mol. The molecule has 1 aromatic heterocycles. The van der Waals surface area contributed by atoms with Crippen molar-refractivity contribution < 1.29 is 4.79 Å². The van der Waals surface area contributed by atoms with Crippen LogP contribution in [0.2, 0.25) is 5.02 Å². The van der Waals surface area contributed by atoms with Crippen LogP contribution in [-0.4, -0.2) is 21.7 Å². The van der Waals surface area contributed by atoms with Crippen molar-refractivity contribution in [3.8, 4) is 11.8 Å². The first-order chi connectivity index (χ1) is 10.1. The van der Waals surface area contributed by atoms with Gasteiger partial charge in [-0.2, -0.15) is 5.10 Å². The van der Waals surface area contributed by atoms with Crippen molar-refractivity contribution in [2.24, 2.45) is 0 Å². The van der Waals surface area contributed by atoms with Gasteiger partial charge in [-0.1, -0.05) is 35.7 Å². The van der Waals surface area contributed by atoms with E-state index in [0.29, 0.717) is 5.02 Å². The van der Waals surface area contributed by atoms with E-state index in [2.05, 4.69) is 22.3 Å². The normalized spacial score (nSPS) is 12.9. The summed E-state index contributed by atoms with van der Waals surface area (Å²) in [5.74, 6) is 4.76. The standard InChI is InChI=1S/C16H16ClN3O/c1-3-7-15(21)19-12(2)16(20-11-6-10-18-20)13-8-4-5-9-14(13)17/h4-6,8-12,16H,1-2H3,(H,19,21). The van der Waals surface area contributed by atoms with Crippen molar-refractivity contribution >= 4 is 17.5 Å². The third kappa shape index (κ3) is 3.65. The molecular weight excluding hydrogens is 286 g/mol. The lowest BCUT2D eigenvalue weighted by Gasteiger charge is -2.26. The number of aromatic nitrogens is 2. The van der Waals surface area contributed by atoms with Gasteiger partial charge >= 0.3 is 0 Å². The molecule has 0 spiro atoms. The number of carbonyl (C=O) groups is 1. The van der Waals surface area contributed by atoms with E-state index in [4.69, 9.17) is 11.6 Å². The maximum Gasteiger partial charge on any atom is 0.296 e. The van der Waals surface area contributed by atoms with E-state index < -0.39 is 0 Å². The first kappa shape index (κ1) is 15.1. The van der Waals surface area contributed by atoms with Gasteiger partial charge in [0.2, 0.25) is 0 Å². The number of halogens is 1. The number of amides is 1. The van der Waals surface area contributed by atoms with Crippen molar-refractivity contribution in [1.82, 2.24) is 15.1 Å². The molecule has 2 atom stereocenters. The molecule has 2 aromatic rings. The summed E-state index contributed by atoms with van der Waals surface area (Å²) in [5, 5.41) is 7.78. The Balaban J connectivity index is 2.35. The fourth-order valence-corrected chi connectivity index (χ4v) is 2.48. The van der Waals surface area contributed by atoms with Crippen LogP contribution in [0.5, 0.6) is 0 Å². The van der Waals surface area contributed by atoms with Crippen molar-refractivity contribution in [3.05, 3.63) is 53.3 Å². The number of benzene rings is 1. The molecule has 21 heavy (non-hydrogen) atoms. The van der Waals surface area contributed by atoms with Gasteiger partial charge in [0.1, 0.15) is 0 Å². The molecule has 1 heterocycles. The molecule has 2 rings (SSSR count). The highest BCUT2D eigenvalue weighted by Crippen LogP contribution is 2.28. The molecule has 1 N–H and O–H groups in total. The number of nitrogens with zero attached hydrogens (tertiary/aromatic N) is 2. The highest BCUT2D eigenvalue weighted by atomic mass is 35.5. The Hall–Kier alpha value is -2.25. The first-order valence-electron chi connectivity index (χ1n) is 6.60. The predicted octanol–water partition coefficient (Wildman–Crippen LogP) is 2.65. The highest BCUT2D eigenvalue weighted by molar-refractivity contribution is 6.31. The van der Waals surface area contributed by atoms with Crippen LogP contribution in [0.4, 0.5) is 0 Å². The summed E-state index contributed by atoms with van der Waals surface area (Å²) < 4.78 is 1.78. The van der Waals surface area contributed by atoms with Crippen LogP contribution < -0.4 is 5.32 Å². The molecule has 0 fully saturated rings. The molecule has 0 radical (unpaired) electrons. The smallest absolute Gasteiger partial charge is 0.296 e. The van der Waals surface area contributed by atoms with Gasteiger partial charge in [0.25, 0.3) is 5.91 Å². The van der Waals surface area contributed by atoms with Gasteiger partial charge in [0.15, 0.2) is 0 Å². The van der Waals surface area contributed by atoms with E-state index in [1.807, 2.05) is 43.5 Å². The Kier molecular flexibility index (Phi) is 5.02. The van der Waals surface area contributed by atoms with E-state index in [-0.39, 0.29) is 18.0 Å². The minimum Gasteiger partial charge on any atom is -0.340 e. The van der Waals surface area contributed by atoms with Gasteiger partial charge in [-0.3, -0.25) is 9.48 Å². The van der Waals surface area contributed by atoms with E-state index in [1.165, 1.54) is 0 Å². The maximum atomic E-state index is 11.7. The van der Waals surface area contributed by atoms with E-state index >= 15 is 0 Å². The van der Waals surface area contributed by atoms with Crippen molar-refractivity contribution in [2.45, 2.75) is 25.9 Å². The summed E-state index contributed by atoms with van der Waals surface area (Å²) in [7, 11) is 0. The lowest BCUT2D eigenvalue weighted by atomic mass is 10.0. The summed E-state index contributed by atoms with van der Waals surface area (Å²) >= 11 is 6.30. The van der Waals surface area contributed by atoms with Gasteiger partial charge in [-0.25, -0.2) is 0 Å². The van der Waals surface area contributed by atoms with Gasteiger partial charge in [0, 0.05) is 17.4 Å². The number of hydrogen-bond acceptors (Lipinski definition) is 2. The topological polar surface area (TPSA) is 46.9 Å². The summed E-state index contributed by atoms with van der Waals surface area (Å²) in [6, 6.07) is 8.98. The molecule has 0 saturated carbocycles. The third-order valence-electron chi connectivity index (χ3n) is 3.10. The number of rotatable bonds is 4. The summed E-state index contributed by atoms with van der Waals surface area (Å²) in [5.41, 5.74) is 0.903. The Morgan fingerprint density at radius 2 is 2.14 bits per heavy atom. The van der Waals surface area contributed by atoms with Gasteiger partial charge < -0.3 is 5.32 Å². The molecule has 0 aliphatic heterocycles. The minimum absolute atomic E-state index is 0.198. The molecule has 0 saturated heterocycles. The van der Waals surface area contributed by atoms with Gasteiger partial charge in [-0.15, -0.1) is 0 Å². The van der Waals surface area contributed by atoms with Crippen molar-refractivity contribution in [1.29, 1.82) is 0 Å². The molecule has 4 nitrogen and oxygen atoms in total. The van der Waals surface area contributed by atoms with Crippen LogP contribution in [-0.2, 0) is 4.79 Å². The average Bonchev–Trinajstić information content (AvgIpc) is 2.95. The van der Waals surface area contributed by atoms with Crippen molar-refractivity contribution in [2.75, 3.05) is 0 Å². The summed E-state index contributed by atoms with van der Waals surface area (Å²) in [6.45, 7) is 3.54. The number of hydrogen-bond donors (Lipinski definition) is 1. The van der Waals surface area contributed by atoms with Gasteiger partial charge in [-0.05, 0) is 37.5 Å². The second-order valence-corrected chi connectivity index (χ2v) is 5.00. The fraction of sp³-hybridized carbons (Fsp3) is 0.250. The second kappa shape index (κ2) is 6.96. The summed E-state index contributed by atoms with van der Waals surface area (Å²) in [6.07, 6.45) is 3.55. The molecule has 0 aliphatic carbocycles. The quantitative estimate of drug-likeness (QED) is 0.883. The van der Waals surface area contributed by atoms with E-state index in [9.17, 15) is 4.79 Å². The largest absolute Gasteiger partial charge is 0.340 e. The lowest BCUT2D eigenvalue weighted by molar-refractivity contribution is -0.116. The zero-order valence-electron chi connectivity index (χ0n) is 11.9. The maximum absolute atomic E-state index is 11.7. The van der Waals surface area contributed by atoms with Crippen LogP contribution in [0.25, 0.3) is 0 Å². The number of nitrogens with one attached hydrogen (secondary N) is 1. The Bertz CT molecular complexity index is 670. The Morgan fingerprint density at radius 1 is 1.38 bits per heavy atom. The van der Waals surface area contributed by atoms with Crippen LogP contribution in [0.1, 0.15) is 25.5 Å². The molecule has 1 amide bonds. The van der Waals surface area contributed by atoms with Gasteiger partial charge in [0.05, 0.1) is 12.1 Å². The van der Waals surface area contributed by atoms with Crippen LogP contribution in [0.3, 0.4) is 0 Å². The van der Waals surface area contributed by atoms with Crippen molar-refractivity contribution in [3.63, 3.8) is 0 Å². The van der Waals surface area contributed by atoms with E-state index in [0.717, 1.165) is 5.56 Å². The molecular formula is C16H16ClN3O. The molecule has 108 valence electrons. The number of carbonyl (C=O) groups excluding carboxylic acids is 1. The molecule has 1 aromatic carbocycles. The summed E-state index contributed by atoms with van der Waals surface area (Å²) in [4.78, 5) is 11.7. The molecule has 0 bridgehead atoms. The molecule has 5 heteroatoms. The van der Waals surface area contributed by atoms with Crippen LogP contribution in [0.15, 0.2) is 42.7 Å². The third-order valence-corrected chi connectivity index (χ3v) is 3.45. The second-order valence-electron chi connectivity index (χ2n) is 4.59. The molecule has 2 unspecified atom stereocenters.